The van der Waals surface area contributed by atoms with E-state index in [1.165, 1.54) is 22.8 Å². The van der Waals surface area contributed by atoms with Crippen LogP contribution in [0, 0.1) is 5.82 Å². The Balaban J connectivity index is 1.64. The maximum absolute atomic E-state index is 13.7. The van der Waals surface area contributed by atoms with Crippen molar-refractivity contribution in [2.75, 3.05) is 6.61 Å². The summed E-state index contributed by atoms with van der Waals surface area (Å²) < 4.78 is 24.4. The first-order chi connectivity index (χ1) is 14.3. The number of nitrogens with one attached hydrogen (secondary N) is 1. The number of halogens is 1. The van der Waals surface area contributed by atoms with Gasteiger partial charge in [0.15, 0.2) is 5.69 Å². The Morgan fingerprint density at radius 2 is 2.23 bits per heavy atom. The molecule has 3 aromatic rings. The van der Waals surface area contributed by atoms with Gasteiger partial charge in [0.05, 0.1) is 13.2 Å². The normalized spacial score (nSPS) is 14.9. The third-order valence-corrected chi connectivity index (χ3v) is 5.33. The highest BCUT2D eigenvalue weighted by Crippen LogP contribution is 2.28. The molecule has 9 nitrogen and oxygen atoms in total. The minimum atomic E-state index is -0.887. The fourth-order valence-electron chi connectivity index (χ4n) is 3.31. The van der Waals surface area contributed by atoms with Gasteiger partial charge >= 0.3 is 0 Å². The molecule has 0 unspecified atom stereocenters. The third kappa shape index (κ3) is 3.57. The standard InChI is InChI=1S/C19H18FN5O4S/c1-19(2)18-22-14(15(26)17(28)25(18)5-6-29-19)16(27)21-8-10-3-4-11(20)7-12(10)13-9-30-24-23-13/h3-4,7,9,26H,5-6,8H2,1-2H3,(H,21,27). The first-order valence-corrected chi connectivity index (χ1v) is 9.94. The second-order valence-electron chi connectivity index (χ2n) is 7.22. The summed E-state index contributed by atoms with van der Waals surface area (Å²) in [7, 11) is 0. The minimum Gasteiger partial charge on any atom is -0.501 e. The molecule has 1 amide bonds. The molecule has 0 bridgehead atoms. The Hall–Kier alpha value is -3.18. The van der Waals surface area contributed by atoms with Crippen LogP contribution in [0.25, 0.3) is 11.3 Å². The van der Waals surface area contributed by atoms with Gasteiger partial charge in [0.1, 0.15) is 22.9 Å². The second-order valence-corrected chi connectivity index (χ2v) is 7.83. The lowest BCUT2D eigenvalue weighted by Crippen LogP contribution is -2.42. The van der Waals surface area contributed by atoms with Crippen LogP contribution in [-0.2, 0) is 23.4 Å². The number of rotatable bonds is 4. The van der Waals surface area contributed by atoms with Crippen molar-refractivity contribution in [3.8, 4) is 17.0 Å². The van der Waals surface area contributed by atoms with Crippen molar-refractivity contribution < 1.29 is 19.0 Å². The number of carbonyl (C=O) groups excluding carboxylic acids is 1. The predicted molar refractivity (Wildman–Crippen MR) is 106 cm³/mol. The maximum atomic E-state index is 13.7. The monoisotopic (exact) mass is 431 g/mol. The van der Waals surface area contributed by atoms with Crippen molar-refractivity contribution in [3.63, 3.8) is 0 Å². The Morgan fingerprint density at radius 3 is 2.97 bits per heavy atom. The molecule has 0 radical (unpaired) electrons. The molecule has 0 spiro atoms. The molecule has 3 heterocycles. The first-order valence-electron chi connectivity index (χ1n) is 9.10. The average Bonchev–Trinajstić information content (AvgIpc) is 3.24. The van der Waals surface area contributed by atoms with E-state index in [0.717, 1.165) is 11.5 Å². The van der Waals surface area contributed by atoms with Gasteiger partial charge in [0.2, 0.25) is 5.75 Å². The zero-order chi connectivity index (χ0) is 21.5. The number of amides is 1. The summed E-state index contributed by atoms with van der Waals surface area (Å²) in [5.41, 5.74) is -0.407. The molecule has 1 aliphatic heterocycles. The maximum Gasteiger partial charge on any atom is 0.296 e. The van der Waals surface area contributed by atoms with Crippen molar-refractivity contribution in [1.29, 1.82) is 0 Å². The van der Waals surface area contributed by atoms with Gasteiger partial charge in [-0.1, -0.05) is 10.6 Å². The number of aromatic hydroxyl groups is 1. The van der Waals surface area contributed by atoms with Gasteiger partial charge in [-0.2, -0.15) is 0 Å². The number of hydrogen-bond acceptors (Lipinski definition) is 8. The summed E-state index contributed by atoms with van der Waals surface area (Å²) in [4.78, 5) is 29.5. The fourth-order valence-corrected chi connectivity index (χ4v) is 3.77. The van der Waals surface area contributed by atoms with Crippen LogP contribution < -0.4 is 10.9 Å². The molecule has 11 heteroatoms. The molecule has 156 valence electrons. The van der Waals surface area contributed by atoms with Crippen molar-refractivity contribution in [2.24, 2.45) is 0 Å². The van der Waals surface area contributed by atoms with E-state index in [1.54, 1.807) is 19.2 Å². The SMILES string of the molecule is CC1(C)OCCn2c1nc(C(=O)NCc1ccc(F)cc1-c1csnn1)c(O)c2=O. The molecule has 1 aromatic carbocycles. The molecule has 0 aliphatic carbocycles. The average molecular weight is 431 g/mol. The van der Waals surface area contributed by atoms with Crippen molar-refractivity contribution in [2.45, 2.75) is 32.5 Å². The van der Waals surface area contributed by atoms with E-state index in [2.05, 4.69) is 19.9 Å². The Kier molecular flexibility index (Phi) is 5.08. The number of hydrogen-bond donors (Lipinski definition) is 2. The number of carbonyl (C=O) groups is 1. The summed E-state index contributed by atoms with van der Waals surface area (Å²) in [6, 6.07) is 4.10. The molecule has 0 saturated heterocycles. The van der Waals surface area contributed by atoms with E-state index in [4.69, 9.17) is 4.74 Å². The second kappa shape index (κ2) is 7.58. The van der Waals surface area contributed by atoms with Gasteiger partial charge < -0.3 is 15.2 Å². The van der Waals surface area contributed by atoms with Crippen molar-refractivity contribution in [1.82, 2.24) is 24.5 Å². The summed E-state index contributed by atoms with van der Waals surface area (Å²) in [6.07, 6.45) is 0. The zero-order valence-corrected chi connectivity index (χ0v) is 17.0. The third-order valence-electron chi connectivity index (χ3n) is 4.82. The lowest BCUT2D eigenvalue weighted by atomic mass is 10.0. The zero-order valence-electron chi connectivity index (χ0n) is 16.2. The number of benzene rings is 1. The lowest BCUT2D eigenvalue weighted by molar-refractivity contribution is -0.0566. The van der Waals surface area contributed by atoms with Crippen LogP contribution >= 0.6 is 11.5 Å². The van der Waals surface area contributed by atoms with Crippen LogP contribution in [-0.4, -0.2) is 36.8 Å². The van der Waals surface area contributed by atoms with E-state index in [-0.39, 0.29) is 24.6 Å². The molecule has 30 heavy (non-hydrogen) atoms. The summed E-state index contributed by atoms with van der Waals surface area (Å²) >= 11 is 1.12. The Morgan fingerprint density at radius 1 is 1.43 bits per heavy atom. The molecule has 2 aromatic heterocycles. The van der Waals surface area contributed by atoms with Crippen molar-refractivity contribution in [3.05, 3.63) is 56.8 Å². The van der Waals surface area contributed by atoms with Gasteiger partial charge in [-0.05, 0) is 43.1 Å². The molecule has 1 aliphatic rings. The molecular weight excluding hydrogens is 413 g/mol. The molecule has 0 atom stereocenters. The van der Waals surface area contributed by atoms with Crippen molar-refractivity contribution >= 4 is 17.4 Å². The number of aromatic nitrogens is 4. The van der Waals surface area contributed by atoms with Crippen LogP contribution in [0.15, 0.2) is 28.4 Å². The Labute approximate surface area is 174 Å². The Bertz CT molecular complexity index is 1180. The topological polar surface area (TPSA) is 119 Å². The fraction of sp³-hybridized carbons (Fsp3) is 0.316. The highest BCUT2D eigenvalue weighted by Gasteiger charge is 2.34. The molecule has 2 N–H and O–H groups in total. The molecular formula is C19H18FN5O4S. The van der Waals surface area contributed by atoms with E-state index in [1.807, 2.05) is 0 Å². The van der Waals surface area contributed by atoms with Crippen LogP contribution in [0.5, 0.6) is 5.75 Å². The highest BCUT2D eigenvalue weighted by molar-refractivity contribution is 7.03. The van der Waals surface area contributed by atoms with Gasteiger partial charge in [0.25, 0.3) is 11.5 Å². The van der Waals surface area contributed by atoms with Gasteiger partial charge in [-0.3, -0.25) is 14.2 Å². The highest BCUT2D eigenvalue weighted by atomic mass is 32.1. The van der Waals surface area contributed by atoms with Crippen LogP contribution in [0.3, 0.4) is 0 Å². The summed E-state index contributed by atoms with van der Waals surface area (Å²) in [5, 5.41) is 18.5. The molecule has 0 fully saturated rings. The smallest absolute Gasteiger partial charge is 0.296 e. The quantitative estimate of drug-likeness (QED) is 0.646. The van der Waals surface area contributed by atoms with E-state index in [0.29, 0.717) is 23.4 Å². The van der Waals surface area contributed by atoms with Crippen LogP contribution in [0.1, 0.15) is 35.7 Å². The first kappa shape index (κ1) is 20.1. The summed E-state index contributed by atoms with van der Waals surface area (Å²) in [5.74, 6) is -1.65. The van der Waals surface area contributed by atoms with Crippen LogP contribution in [0.4, 0.5) is 4.39 Å². The number of nitrogens with zero attached hydrogens (tertiary/aromatic N) is 4. The molecule has 0 saturated carbocycles. The van der Waals surface area contributed by atoms with Gasteiger partial charge in [-0.15, -0.1) is 5.10 Å². The molecule has 4 rings (SSSR count). The summed E-state index contributed by atoms with van der Waals surface area (Å²) in [6.45, 7) is 4.00. The van der Waals surface area contributed by atoms with Crippen LogP contribution in [0.2, 0.25) is 0 Å². The predicted octanol–water partition coefficient (Wildman–Crippen LogP) is 1.80. The van der Waals surface area contributed by atoms with Gasteiger partial charge in [0, 0.05) is 17.5 Å². The minimum absolute atomic E-state index is 0.00536. The van der Waals surface area contributed by atoms with E-state index in [9.17, 15) is 19.1 Å². The van der Waals surface area contributed by atoms with E-state index >= 15 is 0 Å². The number of ether oxygens (including phenoxy) is 1. The van der Waals surface area contributed by atoms with E-state index < -0.39 is 28.6 Å². The van der Waals surface area contributed by atoms with Gasteiger partial charge in [-0.25, -0.2) is 9.37 Å². The lowest BCUT2D eigenvalue weighted by Gasteiger charge is -2.32. The largest absolute Gasteiger partial charge is 0.501 e. The number of fused-ring (bicyclic) bond motifs is 1.